The first-order chi connectivity index (χ1) is 15.9. The number of carbonyl (C=O) groups is 1. The highest BCUT2D eigenvalue weighted by molar-refractivity contribution is 7.92. The number of para-hydroxylation sites is 1. The van der Waals surface area contributed by atoms with Gasteiger partial charge in [-0.25, -0.2) is 13.4 Å². The summed E-state index contributed by atoms with van der Waals surface area (Å²) in [6.45, 7) is 2.24. The summed E-state index contributed by atoms with van der Waals surface area (Å²) in [5.74, 6) is 1.09. The molecule has 1 aromatic heterocycles. The van der Waals surface area contributed by atoms with Crippen molar-refractivity contribution >= 4 is 27.4 Å². The second-order valence-corrected chi connectivity index (χ2v) is 11.7. The van der Waals surface area contributed by atoms with Crippen molar-refractivity contribution in [2.75, 3.05) is 35.1 Å². The van der Waals surface area contributed by atoms with E-state index in [2.05, 4.69) is 21.3 Å². The van der Waals surface area contributed by atoms with Crippen LogP contribution in [0.2, 0.25) is 0 Å². The molecule has 0 radical (unpaired) electrons. The highest BCUT2D eigenvalue weighted by atomic mass is 32.2. The van der Waals surface area contributed by atoms with E-state index in [-0.39, 0.29) is 23.3 Å². The van der Waals surface area contributed by atoms with Crippen molar-refractivity contribution in [3.63, 3.8) is 0 Å². The molecule has 2 aromatic rings. The molecular weight excluding hydrogens is 436 g/mol. The normalized spacial score (nSPS) is 27.4. The van der Waals surface area contributed by atoms with Crippen molar-refractivity contribution in [1.82, 2.24) is 10.3 Å². The summed E-state index contributed by atoms with van der Waals surface area (Å²) in [6, 6.07) is 13.9. The Morgan fingerprint density at radius 1 is 1.09 bits per heavy atom. The average molecular weight is 469 g/mol. The highest BCUT2D eigenvalue weighted by Crippen LogP contribution is 2.50. The van der Waals surface area contributed by atoms with Gasteiger partial charge in [-0.3, -0.25) is 9.10 Å². The van der Waals surface area contributed by atoms with E-state index in [1.807, 2.05) is 42.6 Å². The molecule has 0 bridgehead atoms. The molecule has 1 amide bonds. The number of anilines is 2. The Labute approximate surface area is 196 Å². The van der Waals surface area contributed by atoms with Gasteiger partial charge in [0.05, 0.1) is 11.9 Å². The summed E-state index contributed by atoms with van der Waals surface area (Å²) in [4.78, 5) is 19.8. The van der Waals surface area contributed by atoms with Gasteiger partial charge < -0.3 is 10.2 Å². The Balaban J connectivity index is 1.22. The lowest BCUT2D eigenvalue weighted by Crippen LogP contribution is -2.50. The molecule has 1 unspecified atom stereocenters. The maximum atomic E-state index is 13.1. The Kier molecular flexibility index (Phi) is 5.80. The van der Waals surface area contributed by atoms with Crippen LogP contribution < -0.4 is 14.5 Å². The maximum Gasteiger partial charge on any atom is 0.232 e. The molecule has 1 aromatic carbocycles. The summed E-state index contributed by atoms with van der Waals surface area (Å²) in [5, 5.41) is 3.30. The second-order valence-electron chi connectivity index (χ2n) is 9.82. The van der Waals surface area contributed by atoms with E-state index in [9.17, 15) is 13.2 Å². The minimum atomic E-state index is -3.32. The molecule has 1 N–H and O–H groups in total. The molecular formula is C25H32N4O3S. The van der Waals surface area contributed by atoms with Gasteiger partial charge in [-0.2, -0.15) is 0 Å². The number of hydrogen-bond donors (Lipinski definition) is 1. The summed E-state index contributed by atoms with van der Waals surface area (Å²) >= 11 is 0. The topological polar surface area (TPSA) is 82.6 Å². The summed E-state index contributed by atoms with van der Waals surface area (Å²) in [6.07, 6.45) is 8.35. The number of sulfonamides is 1. The quantitative estimate of drug-likeness (QED) is 0.746. The van der Waals surface area contributed by atoms with E-state index < -0.39 is 10.0 Å². The zero-order chi connectivity index (χ0) is 23.1. The lowest BCUT2D eigenvalue weighted by Gasteiger charge is -2.38. The van der Waals surface area contributed by atoms with Crippen LogP contribution in [0.3, 0.4) is 0 Å². The van der Waals surface area contributed by atoms with Crippen molar-refractivity contribution in [3.8, 4) is 0 Å². The Morgan fingerprint density at radius 3 is 2.58 bits per heavy atom. The van der Waals surface area contributed by atoms with Gasteiger partial charge in [0.15, 0.2) is 0 Å². The third kappa shape index (κ3) is 4.33. The molecule has 1 aliphatic carbocycles. The van der Waals surface area contributed by atoms with E-state index in [1.165, 1.54) is 6.26 Å². The molecule has 7 nitrogen and oxygen atoms in total. The van der Waals surface area contributed by atoms with Crippen LogP contribution in [-0.4, -0.2) is 51.2 Å². The third-order valence-corrected chi connectivity index (χ3v) is 8.77. The van der Waals surface area contributed by atoms with Gasteiger partial charge in [-0.1, -0.05) is 24.3 Å². The molecule has 8 heteroatoms. The number of hydrogen-bond acceptors (Lipinski definition) is 5. The monoisotopic (exact) mass is 468 g/mol. The van der Waals surface area contributed by atoms with Gasteiger partial charge in [0.2, 0.25) is 15.9 Å². The fourth-order valence-electron chi connectivity index (χ4n) is 5.90. The zero-order valence-electron chi connectivity index (χ0n) is 19.1. The number of pyridine rings is 1. The molecule has 5 rings (SSSR count). The van der Waals surface area contributed by atoms with E-state index in [4.69, 9.17) is 0 Å². The number of aromatic nitrogens is 1. The average Bonchev–Trinajstić information content (AvgIpc) is 3.15. The zero-order valence-corrected chi connectivity index (χ0v) is 19.9. The molecule has 1 atom stereocenters. The fourth-order valence-corrected chi connectivity index (χ4v) is 6.90. The van der Waals surface area contributed by atoms with Gasteiger partial charge in [0.25, 0.3) is 0 Å². The van der Waals surface area contributed by atoms with E-state index in [0.717, 1.165) is 68.7 Å². The van der Waals surface area contributed by atoms with E-state index in [1.54, 1.807) is 4.31 Å². The fraction of sp³-hybridized carbons (Fsp3) is 0.520. The number of benzene rings is 1. The van der Waals surface area contributed by atoms with Crippen LogP contribution >= 0.6 is 0 Å². The predicted octanol–water partition coefficient (Wildman–Crippen LogP) is 3.07. The van der Waals surface area contributed by atoms with Crippen LogP contribution in [0.4, 0.5) is 11.5 Å². The van der Waals surface area contributed by atoms with Crippen LogP contribution in [0.15, 0.2) is 48.7 Å². The Morgan fingerprint density at radius 2 is 1.85 bits per heavy atom. The Hall–Kier alpha value is -2.61. The summed E-state index contributed by atoms with van der Waals surface area (Å²) in [7, 11) is -3.32. The maximum absolute atomic E-state index is 13.1. The SMILES string of the molecule is CS(=O)(=O)N1C[C@]2(CC[C@@H](C(=O)NC3CCCN(c4ccccn4)C3)CC2)c2ccccc21. The van der Waals surface area contributed by atoms with Crippen molar-refractivity contribution in [3.05, 3.63) is 54.2 Å². The number of carbonyl (C=O) groups excluding carboxylic acids is 1. The van der Waals surface area contributed by atoms with Crippen molar-refractivity contribution in [2.45, 2.75) is 50.0 Å². The largest absolute Gasteiger partial charge is 0.355 e. The van der Waals surface area contributed by atoms with Crippen LogP contribution in [0.25, 0.3) is 0 Å². The molecule has 1 spiro atoms. The third-order valence-electron chi connectivity index (χ3n) is 7.65. The summed E-state index contributed by atoms with van der Waals surface area (Å²) < 4.78 is 26.3. The summed E-state index contributed by atoms with van der Waals surface area (Å²) in [5.41, 5.74) is 1.74. The van der Waals surface area contributed by atoms with Gasteiger partial charge >= 0.3 is 0 Å². The van der Waals surface area contributed by atoms with Crippen molar-refractivity contribution in [1.29, 1.82) is 0 Å². The van der Waals surface area contributed by atoms with Crippen LogP contribution in [-0.2, 0) is 20.2 Å². The first kappa shape index (κ1) is 22.2. The minimum absolute atomic E-state index is 0.0136. The molecule has 1 saturated carbocycles. The first-order valence-corrected chi connectivity index (χ1v) is 13.7. The second kappa shape index (κ2) is 8.63. The molecule has 3 heterocycles. The molecule has 1 saturated heterocycles. The first-order valence-electron chi connectivity index (χ1n) is 11.9. The highest BCUT2D eigenvalue weighted by Gasteiger charge is 2.48. The van der Waals surface area contributed by atoms with E-state index >= 15 is 0 Å². The van der Waals surface area contributed by atoms with Crippen LogP contribution in [0.5, 0.6) is 0 Å². The van der Waals surface area contributed by atoms with Crippen LogP contribution in [0, 0.1) is 5.92 Å². The number of nitrogens with one attached hydrogen (secondary N) is 1. The number of rotatable bonds is 4. The molecule has 176 valence electrons. The lowest BCUT2D eigenvalue weighted by molar-refractivity contribution is -0.127. The standard InChI is InChI=1S/C25H32N4O3S/c1-33(31,32)29-18-25(21-8-2-3-9-22(21)29)13-11-19(12-14-25)24(30)27-20-7-6-16-28(17-20)23-10-4-5-15-26-23/h2-5,8-10,15,19-20H,6-7,11-14,16-18H2,1H3,(H,27,30)/t19-,20?,25-. The van der Waals surface area contributed by atoms with Gasteiger partial charge in [-0.05, 0) is 62.3 Å². The number of piperidine rings is 1. The van der Waals surface area contributed by atoms with Gasteiger partial charge in [0, 0.05) is 43.2 Å². The van der Waals surface area contributed by atoms with Crippen molar-refractivity contribution < 1.29 is 13.2 Å². The van der Waals surface area contributed by atoms with Crippen LogP contribution in [0.1, 0.15) is 44.1 Å². The lowest BCUT2D eigenvalue weighted by atomic mass is 9.67. The smallest absolute Gasteiger partial charge is 0.232 e. The molecule has 2 aliphatic heterocycles. The van der Waals surface area contributed by atoms with Gasteiger partial charge in [-0.15, -0.1) is 0 Å². The number of nitrogens with zero attached hydrogens (tertiary/aromatic N) is 3. The number of fused-ring (bicyclic) bond motifs is 2. The van der Waals surface area contributed by atoms with Gasteiger partial charge in [0.1, 0.15) is 5.82 Å². The minimum Gasteiger partial charge on any atom is -0.355 e. The molecule has 2 fully saturated rings. The predicted molar refractivity (Wildman–Crippen MR) is 130 cm³/mol. The molecule has 33 heavy (non-hydrogen) atoms. The number of amides is 1. The molecule has 3 aliphatic rings. The van der Waals surface area contributed by atoms with E-state index in [0.29, 0.717) is 6.54 Å². The Bertz CT molecular complexity index is 1110. The van der Waals surface area contributed by atoms with Crippen molar-refractivity contribution in [2.24, 2.45) is 5.92 Å².